The van der Waals surface area contributed by atoms with Crippen molar-refractivity contribution < 1.29 is 23.8 Å². The van der Waals surface area contributed by atoms with Gasteiger partial charge in [0.25, 0.3) is 0 Å². The van der Waals surface area contributed by atoms with E-state index in [9.17, 15) is 9.90 Å². The quantitative estimate of drug-likeness (QED) is 0.293. The minimum absolute atomic E-state index is 0.0241. The van der Waals surface area contributed by atoms with Crippen molar-refractivity contribution in [3.63, 3.8) is 0 Å². The van der Waals surface area contributed by atoms with Crippen LogP contribution in [-0.2, 0) is 6.61 Å². The Morgan fingerprint density at radius 2 is 1.79 bits per heavy atom. The van der Waals surface area contributed by atoms with Gasteiger partial charge in [-0.2, -0.15) is 5.10 Å². The highest BCUT2D eigenvalue weighted by atomic mass is 16.5. The number of benzene rings is 2. The molecule has 2 aromatic carbocycles. The van der Waals surface area contributed by atoms with Crippen molar-refractivity contribution in [3.8, 4) is 22.9 Å². The average molecular weight is 460 g/mol. The summed E-state index contributed by atoms with van der Waals surface area (Å²) >= 11 is 0. The van der Waals surface area contributed by atoms with Gasteiger partial charge in [-0.05, 0) is 86.1 Å². The molecule has 8 heteroatoms. The van der Waals surface area contributed by atoms with Gasteiger partial charge < -0.3 is 23.6 Å². The Kier molecular flexibility index (Phi) is 6.68. The van der Waals surface area contributed by atoms with Crippen LogP contribution in [0.4, 0.5) is 0 Å². The second-order valence-electron chi connectivity index (χ2n) is 7.63. The van der Waals surface area contributed by atoms with E-state index in [-0.39, 0.29) is 18.1 Å². The van der Waals surface area contributed by atoms with Gasteiger partial charge in [-0.15, -0.1) is 0 Å². The molecule has 0 aliphatic carbocycles. The molecule has 34 heavy (non-hydrogen) atoms. The molecule has 1 amide bonds. The molecule has 0 radical (unpaired) electrons. The third-order valence-electron chi connectivity index (χ3n) is 5.22. The molecule has 2 N–H and O–H groups in total. The highest BCUT2D eigenvalue weighted by Gasteiger charge is 2.11. The van der Waals surface area contributed by atoms with E-state index < -0.39 is 5.91 Å². The Bertz CT molecular complexity index is 1300. The fraction of sp³-hybridized carbons (Fsp3) is 0.154. The largest absolute Gasteiger partial charge is 0.504 e. The summed E-state index contributed by atoms with van der Waals surface area (Å²) in [6.45, 7) is 4.32. The van der Waals surface area contributed by atoms with Crippen LogP contribution in [0.25, 0.3) is 5.69 Å². The number of phenols is 1. The maximum absolute atomic E-state index is 12.3. The van der Waals surface area contributed by atoms with Crippen LogP contribution in [-0.4, -0.2) is 28.9 Å². The lowest BCUT2D eigenvalue weighted by Gasteiger charge is -2.10. The average Bonchev–Trinajstić information content (AvgIpc) is 3.45. The lowest BCUT2D eigenvalue weighted by Crippen LogP contribution is -2.16. The van der Waals surface area contributed by atoms with Crippen LogP contribution in [0.1, 0.15) is 33.3 Å². The Hall–Kier alpha value is -4.46. The number of hydrazone groups is 1. The van der Waals surface area contributed by atoms with Crippen molar-refractivity contribution in [1.29, 1.82) is 0 Å². The molecular formula is C26H25N3O5. The van der Waals surface area contributed by atoms with Gasteiger partial charge in [-0.1, -0.05) is 0 Å². The molecule has 4 aromatic rings. The number of carbonyl (C=O) groups is 1. The molecule has 0 saturated heterocycles. The van der Waals surface area contributed by atoms with Crippen molar-refractivity contribution in [2.45, 2.75) is 20.5 Å². The van der Waals surface area contributed by atoms with Gasteiger partial charge >= 0.3 is 5.91 Å². The first kappa shape index (κ1) is 22.7. The van der Waals surface area contributed by atoms with Gasteiger partial charge in [-0.3, -0.25) is 4.79 Å². The highest BCUT2D eigenvalue weighted by Crippen LogP contribution is 2.25. The number of ether oxygens (including phenoxy) is 2. The standard InChI is InChI=1S/C26H25N3O5/c1-17-4-5-18(2)29(17)20-7-9-21(10-8-20)33-16-22-11-13-24(34-22)26(31)28-27-15-19-6-12-23(30)25(14-19)32-3/h4-15,30H,16H2,1-3H3,(H,28,31)/b27-15+. The molecule has 0 aliphatic heterocycles. The maximum atomic E-state index is 12.3. The number of phenolic OH excluding ortho intramolecular Hbond substituents is 1. The third kappa shape index (κ3) is 5.12. The first-order chi connectivity index (χ1) is 16.4. The number of furan rings is 1. The number of methoxy groups -OCH3 is 1. The first-order valence-electron chi connectivity index (χ1n) is 10.6. The predicted octanol–water partition coefficient (Wildman–Crippen LogP) is 4.74. The monoisotopic (exact) mass is 459 g/mol. The van der Waals surface area contributed by atoms with Gasteiger partial charge in [0.2, 0.25) is 0 Å². The Balaban J connectivity index is 1.31. The molecular weight excluding hydrogens is 434 g/mol. The first-order valence-corrected chi connectivity index (χ1v) is 10.6. The number of hydrogen-bond acceptors (Lipinski definition) is 6. The molecule has 0 fully saturated rings. The lowest BCUT2D eigenvalue weighted by molar-refractivity contribution is 0.0923. The molecule has 0 spiro atoms. The van der Waals surface area contributed by atoms with Crippen molar-refractivity contribution in [2.24, 2.45) is 5.10 Å². The Morgan fingerprint density at radius 3 is 2.50 bits per heavy atom. The summed E-state index contributed by atoms with van der Waals surface area (Å²) in [6, 6.07) is 19.9. The smallest absolute Gasteiger partial charge is 0.307 e. The summed E-state index contributed by atoms with van der Waals surface area (Å²) in [6.07, 6.45) is 1.44. The number of nitrogens with one attached hydrogen (secondary N) is 1. The van der Waals surface area contributed by atoms with Crippen LogP contribution in [0.5, 0.6) is 17.2 Å². The van der Waals surface area contributed by atoms with Crippen LogP contribution >= 0.6 is 0 Å². The van der Waals surface area contributed by atoms with E-state index in [0.717, 1.165) is 5.69 Å². The third-order valence-corrected chi connectivity index (χ3v) is 5.22. The maximum Gasteiger partial charge on any atom is 0.307 e. The minimum Gasteiger partial charge on any atom is -0.504 e. The van der Waals surface area contributed by atoms with Crippen LogP contribution in [0.2, 0.25) is 0 Å². The summed E-state index contributed by atoms with van der Waals surface area (Å²) in [7, 11) is 1.45. The molecule has 0 aliphatic rings. The van der Waals surface area contributed by atoms with Crippen molar-refractivity contribution in [3.05, 3.63) is 95.2 Å². The fourth-order valence-electron chi connectivity index (χ4n) is 3.49. The van der Waals surface area contributed by atoms with Crippen molar-refractivity contribution >= 4 is 12.1 Å². The number of aromatic hydroxyl groups is 1. The van der Waals surface area contributed by atoms with E-state index in [1.807, 2.05) is 24.3 Å². The van der Waals surface area contributed by atoms with Crippen LogP contribution < -0.4 is 14.9 Å². The van der Waals surface area contributed by atoms with Gasteiger partial charge in [0.15, 0.2) is 17.3 Å². The Morgan fingerprint density at radius 1 is 1.06 bits per heavy atom. The molecule has 0 saturated carbocycles. The molecule has 4 rings (SSSR count). The zero-order valence-corrected chi connectivity index (χ0v) is 19.1. The molecule has 0 unspecified atom stereocenters. The lowest BCUT2D eigenvalue weighted by atomic mass is 10.2. The fourth-order valence-corrected chi connectivity index (χ4v) is 3.49. The van der Waals surface area contributed by atoms with Crippen LogP contribution in [0.3, 0.4) is 0 Å². The summed E-state index contributed by atoms with van der Waals surface area (Å²) in [5.41, 5.74) is 6.45. The van der Waals surface area contributed by atoms with E-state index in [2.05, 4.69) is 41.1 Å². The predicted molar refractivity (Wildman–Crippen MR) is 128 cm³/mol. The molecule has 2 heterocycles. The molecule has 8 nitrogen and oxygen atoms in total. The zero-order valence-electron chi connectivity index (χ0n) is 19.1. The minimum atomic E-state index is -0.491. The van der Waals surface area contributed by atoms with E-state index in [0.29, 0.717) is 22.8 Å². The summed E-state index contributed by atoms with van der Waals surface area (Å²) < 4.78 is 18.6. The number of aryl methyl sites for hydroxylation is 2. The van der Waals surface area contributed by atoms with Gasteiger partial charge in [0.1, 0.15) is 18.1 Å². The number of hydrogen-bond donors (Lipinski definition) is 2. The molecule has 0 atom stereocenters. The second kappa shape index (κ2) is 9.99. The highest BCUT2D eigenvalue weighted by molar-refractivity contribution is 5.92. The van der Waals surface area contributed by atoms with E-state index >= 15 is 0 Å². The summed E-state index contributed by atoms with van der Waals surface area (Å²) in [4.78, 5) is 12.3. The number of carbonyl (C=O) groups excluding carboxylic acids is 1. The summed E-state index contributed by atoms with van der Waals surface area (Å²) in [5.74, 6) is 1.18. The van der Waals surface area contributed by atoms with E-state index in [1.165, 1.54) is 30.8 Å². The number of aromatic nitrogens is 1. The van der Waals surface area contributed by atoms with Gasteiger partial charge in [0.05, 0.1) is 13.3 Å². The van der Waals surface area contributed by atoms with Gasteiger partial charge in [0, 0.05) is 17.1 Å². The zero-order chi connectivity index (χ0) is 24.1. The number of rotatable bonds is 8. The van der Waals surface area contributed by atoms with Crippen molar-refractivity contribution in [1.82, 2.24) is 9.99 Å². The second-order valence-corrected chi connectivity index (χ2v) is 7.63. The molecule has 0 bridgehead atoms. The van der Waals surface area contributed by atoms with Crippen LogP contribution in [0, 0.1) is 13.8 Å². The normalized spacial score (nSPS) is 11.0. The summed E-state index contributed by atoms with van der Waals surface area (Å²) in [5, 5.41) is 13.5. The van der Waals surface area contributed by atoms with Crippen LogP contribution in [0.15, 0.2) is 76.2 Å². The van der Waals surface area contributed by atoms with E-state index in [4.69, 9.17) is 13.9 Å². The topological polar surface area (TPSA) is 98.2 Å². The molecule has 2 aromatic heterocycles. The van der Waals surface area contributed by atoms with E-state index in [1.54, 1.807) is 24.3 Å². The van der Waals surface area contributed by atoms with Gasteiger partial charge in [-0.25, -0.2) is 5.43 Å². The Labute approximate surface area is 197 Å². The molecule has 174 valence electrons. The SMILES string of the molecule is COc1cc(/C=N/NC(=O)c2ccc(COc3ccc(-n4c(C)ccc4C)cc3)o2)ccc1O. The number of amides is 1. The number of nitrogens with zero attached hydrogens (tertiary/aromatic N) is 2. The van der Waals surface area contributed by atoms with Crippen molar-refractivity contribution in [2.75, 3.05) is 7.11 Å².